The van der Waals surface area contributed by atoms with Gasteiger partial charge in [-0.25, -0.2) is 4.68 Å². The van der Waals surface area contributed by atoms with Gasteiger partial charge in [0.2, 0.25) is 0 Å². The summed E-state index contributed by atoms with van der Waals surface area (Å²) in [5.41, 5.74) is 1.98. The van der Waals surface area contributed by atoms with Crippen molar-refractivity contribution in [3.8, 4) is 22.8 Å². The third-order valence-electron chi connectivity index (χ3n) is 3.19. The second kappa shape index (κ2) is 6.41. The van der Waals surface area contributed by atoms with Crippen molar-refractivity contribution in [2.75, 3.05) is 21.3 Å². The first-order valence-electron chi connectivity index (χ1n) is 6.55. The van der Waals surface area contributed by atoms with Gasteiger partial charge in [0.15, 0.2) is 0 Å². The van der Waals surface area contributed by atoms with E-state index in [1.54, 1.807) is 34.4 Å². The summed E-state index contributed by atoms with van der Waals surface area (Å²) in [4.78, 5) is 12.0. The lowest BCUT2D eigenvalue weighted by molar-refractivity contribution is 0.404. The van der Waals surface area contributed by atoms with Crippen molar-refractivity contribution in [2.24, 2.45) is 7.05 Å². The summed E-state index contributed by atoms with van der Waals surface area (Å²) < 4.78 is 11.9. The van der Waals surface area contributed by atoms with E-state index in [0.717, 1.165) is 5.56 Å². The molecule has 1 N–H and O–H groups in total. The number of ether oxygens (including phenoxy) is 2. The van der Waals surface area contributed by atoms with E-state index in [-0.39, 0.29) is 5.56 Å². The van der Waals surface area contributed by atoms with Crippen LogP contribution < -0.4 is 20.3 Å². The smallest absolute Gasteiger partial charge is 0.271 e. The highest BCUT2D eigenvalue weighted by atomic mass is 16.5. The van der Waals surface area contributed by atoms with Crippen LogP contribution in [0.1, 0.15) is 5.56 Å². The van der Waals surface area contributed by atoms with Gasteiger partial charge in [-0.2, -0.15) is 5.10 Å². The van der Waals surface area contributed by atoms with Crippen molar-refractivity contribution in [1.82, 2.24) is 15.1 Å². The van der Waals surface area contributed by atoms with Gasteiger partial charge in [0, 0.05) is 24.7 Å². The summed E-state index contributed by atoms with van der Waals surface area (Å²) in [6, 6.07) is 7.25. The highest BCUT2D eigenvalue weighted by Gasteiger charge is 2.13. The second-order valence-electron chi connectivity index (χ2n) is 4.58. The molecule has 2 rings (SSSR count). The lowest BCUT2D eigenvalue weighted by atomic mass is 10.1. The SMILES string of the molecule is CNCc1cc(-c2cc(OC)ccc2OC)nn(C)c1=O. The van der Waals surface area contributed by atoms with Crippen molar-refractivity contribution < 1.29 is 9.47 Å². The van der Waals surface area contributed by atoms with Crippen molar-refractivity contribution in [1.29, 1.82) is 0 Å². The molecule has 2 aromatic rings. The van der Waals surface area contributed by atoms with Gasteiger partial charge in [0.1, 0.15) is 11.5 Å². The molecular weight excluding hydrogens is 270 g/mol. The molecule has 0 fully saturated rings. The van der Waals surface area contributed by atoms with E-state index in [4.69, 9.17) is 9.47 Å². The van der Waals surface area contributed by atoms with E-state index in [9.17, 15) is 4.79 Å². The van der Waals surface area contributed by atoms with E-state index in [1.165, 1.54) is 4.68 Å². The van der Waals surface area contributed by atoms with E-state index >= 15 is 0 Å². The minimum Gasteiger partial charge on any atom is -0.497 e. The van der Waals surface area contributed by atoms with Gasteiger partial charge in [-0.15, -0.1) is 0 Å². The van der Waals surface area contributed by atoms with E-state index < -0.39 is 0 Å². The lowest BCUT2D eigenvalue weighted by Crippen LogP contribution is -2.26. The molecule has 0 aliphatic carbocycles. The second-order valence-corrected chi connectivity index (χ2v) is 4.58. The molecule has 0 saturated heterocycles. The fourth-order valence-corrected chi connectivity index (χ4v) is 2.13. The van der Waals surface area contributed by atoms with Crippen LogP contribution in [0.15, 0.2) is 29.1 Å². The molecule has 112 valence electrons. The third-order valence-corrected chi connectivity index (χ3v) is 3.19. The number of methoxy groups -OCH3 is 2. The van der Waals surface area contributed by atoms with Gasteiger partial charge in [0.05, 0.1) is 19.9 Å². The zero-order valence-corrected chi connectivity index (χ0v) is 12.6. The summed E-state index contributed by atoms with van der Waals surface area (Å²) in [5, 5.41) is 7.30. The van der Waals surface area contributed by atoms with Crippen molar-refractivity contribution in [2.45, 2.75) is 6.54 Å². The Kier molecular flexibility index (Phi) is 4.59. The summed E-state index contributed by atoms with van der Waals surface area (Å²) >= 11 is 0. The molecule has 0 spiro atoms. The van der Waals surface area contributed by atoms with Crippen LogP contribution in [-0.2, 0) is 13.6 Å². The number of rotatable bonds is 5. The van der Waals surface area contributed by atoms with Crippen LogP contribution in [0.4, 0.5) is 0 Å². The first-order chi connectivity index (χ1) is 10.1. The summed E-state index contributed by atoms with van der Waals surface area (Å²) in [6.45, 7) is 0.481. The molecule has 0 aliphatic heterocycles. The Bertz CT molecular complexity index is 695. The molecule has 0 aliphatic rings. The minimum absolute atomic E-state index is 0.116. The van der Waals surface area contributed by atoms with E-state index in [0.29, 0.717) is 29.3 Å². The first kappa shape index (κ1) is 15.1. The molecule has 6 nitrogen and oxygen atoms in total. The molecule has 6 heteroatoms. The van der Waals surface area contributed by atoms with Crippen LogP contribution >= 0.6 is 0 Å². The van der Waals surface area contributed by atoms with Gasteiger partial charge >= 0.3 is 0 Å². The highest BCUT2D eigenvalue weighted by molar-refractivity contribution is 5.69. The van der Waals surface area contributed by atoms with Crippen LogP contribution in [0.5, 0.6) is 11.5 Å². The van der Waals surface area contributed by atoms with Gasteiger partial charge in [-0.1, -0.05) is 0 Å². The quantitative estimate of drug-likeness (QED) is 0.895. The Labute approximate surface area is 123 Å². The predicted octanol–water partition coefficient (Wildman–Crippen LogP) is 1.18. The van der Waals surface area contributed by atoms with Crippen molar-refractivity contribution >= 4 is 0 Å². The maximum atomic E-state index is 12.0. The average Bonchev–Trinajstić information content (AvgIpc) is 2.51. The van der Waals surface area contributed by atoms with E-state index in [2.05, 4.69) is 10.4 Å². The number of benzene rings is 1. The number of hydrogen-bond donors (Lipinski definition) is 1. The summed E-state index contributed by atoms with van der Waals surface area (Å²) in [6.07, 6.45) is 0. The Morgan fingerprint density at radius 2 is 2.00 bits per heavy atom. The van der Waals surface area contributed by atoms with Crippen LogP contribution in [0, 0.1) is 0 Å². The predicted molar refractivity (Wildman–Crippen MR) is 80.8 cm³/mol. The number of aromatic nitrogens is 2. The molecule has 1 aromatic carbocycles. The van der Waals surface area contributed by atoms with Crippen LogP contribution in [0.3, 0.4) is 0 Å². The van der Waals surface area contributed by atoms with Crippen LogP contribution in [0.25, 0.3) is 11.3 Å². The largest absolute Gasteiger partial charge is 0.497 e. The number of hydrogen-bond acceptors (Lipinski definition) is 5. The topological polar surface area (TPSA) is 65.4 Å². The average molecular weight is 289 g/mol. The third kappa shape index (κ3) is 3.05. The van der Waals surface area contributed by atoms with E-state index in [1.807, 2.05) is 18.2 Å². The maximum Gasteiger partial charge on any atom is 0.271 e. The monoisotopic (exact) mass is 289 g/mol. The van der Waals surface area contributed by atoms with Gasteiger partial charge in [-0.05, 0) is 31.3 Å². The molecule has 0 amide bonds. The molecule has 21 heavy (non-hydrogen) atoms. The fourth-order valence-electron chi connectivity index (χ4n) is 2.13. The van der Waals surface area contributed by atoms with Crippen molar-refractivity contribution in [3.63, 3.8) is 0 Å². The Hall–Kier alpha value is -2.34. The molecule has 0 saturated carbocycles. The van der Waals surface area contributed by atoms with Crippen LogP contribution in [0.2, 0.25) is 0 Å². The highest BCUT2D eigenvalue weighted by Crippen LogP contribution is 2.32. The summed E-state index contributed by atoms with van der Waals surface area (Å²) in [7, 11) is 6.64. The fraction of sp³-hybridized carbons (Fsp3) is 0.333. The zero-order valence-electron chi connectivity index (χ0n) is 12.6. The lowest BCUT2D eigenvalue weighted by Gasteiger charge is -2.12. The molecule has 1 aromatic heterocycles. The van der Waals surface area contributed by atoms with Crippen LogP contribution in [-0.4, -0.2) is 31.0 Å². The minimum atomic E-state index is -0.116. The first-order valence-corrected chi connectivity index (χ1v) is 6.55. The van der Waals surface area contributed by atoms with Gasteiger partial charge in [0.25, 0.3) is 5.56 Å². The zero-order chi connectivity index (χ0) is 15.4. The molecular formula is C15H19N3O3. The molecule has 0 unspecified atom stereocenters. The van der Waals surface area contributed by atoms with Crippen molar-refractivity contribution in [3.05, 3.63) is 40.2 Å². The number of aryl methyl sites for hydroxylation is 1. The number of nitrogens with zero attached hydrogens (tertiary/aromatic N) is 2. The Morgan fingerprint density at radius 3 is 2.62 bits per heavy atom. The molecule has 0 atom stereocenters. The van der Waals surface area contributed by atoms with Gasteiger partial charge in [-0.3, -0.25) is 4.79 Å². The van der Waals surface area contributed by atoms with Gasteiger partial charge < -0.3 is 14.8 Å². The standard InChI is InChI=1S/C15H19N3O3/c1-16-9-10-7-13(17-18(2)15(10)19)12-8-11(20-3)5-6-14(12)21-4/h5-8,16H,9H2,1-4H3. The molecule has 0 radical (unpaired) electrons. The Balaban J connectivity index is 2.63. The maximum absolute atomic E-state index is 12.0. The summed E-state index contributed by atoms with van der Waals surface area (Å²) in [5.74, 6) is 1.38. The molecule has 1 heterocycles. The normalized spacial score (nSPS) is 10.5. The molecule has 0 bridgehead atoms. The Morgan fingerprint density at radius 1 is 1.24 bits per heavy atom. The number of nitrogens with one attached hydrogen (secondary N) is 1.